The molecule has 4 aliphatic rings. The SMILES string of the molecule is C#Cc1ccncc1.COC1C(SC2COCC(n3cc(-c4ccccc4)nn3)C2O)OC(CO)C(O)C1n1cc(-c2ccncc2)nn1.COC1C(SC2COCC(n3cc(-c4ccccc4)nn3)C2O)OC(COC(C)=O)C(C)C1N=[N+]=[N-]. The van der Waals surface area contributed by atoms with Crippen molar-refractivity contribution < 1.29 is 58.4 Å². The Labute approximate surface area is 498 Å². The summed E-state index contributed by atoms with van der Waals surface area (Å²) in [5.41, 5.74) is 13.4. The molecule has 4 aliphatic heterocycles. The first-order valence-electron chi connectivity index (χ1n) is 27.2. The number of esters is 1. The Kier molecular flexibility index (Phi) is 22.2. The summed E-state index contributed by atoms with van der Waals surface area (Å²) >= 11 is 2.68. The lowest BCUT2D eigenvalue weighted by Crippen LogP contribution is -2.56. The van der Waals surface area contributed by atoms with E-state index in [9.17, 15) is 25.2 Å². The summed E-state index contributed by atoms with van der Waals surface area (Å²) in [5.74, 6) is 1.81. The fourth-order valence-electron chi connectivity index (χ4n) is 10.2. The molecule has 2 aromatic carbocycles. The first-order valence-corrected chi connectivity index (χ1v) is 29.1. The highest BCUT2D eigenvalue weighted by Crippen LogP contribution is 2.43. The molecule has 0 amide bonds. The monoisotopic (exact) mass is 1200 g/mol. The minimum atomic E-state index is -1.12. The van der Waals surface area contributed by atoms with Crippen LogP contribution in [0.1, 0.15) is 37.5 Å². The maximum Gasteiger partial charge on any atom is 0.302 e. The second-order valence-corrected chi connectivity index (χ2v) is 22.8. The number of azide groups is 1. The summed E-state index contributed by atoms with van der Waals surface area (Å²) in [7, 11) is 3.05. The second-order valence-electron chi connectivity index (χ2n) is 20.1. The third kappa shape index (κ3) is 15.3. The van der Waals surface area contributed by atoms with Gasteiger partial charge in [-0.2, -0.15) is 0 Å². The molecule has 9 heterocycles. The number of hydrogen-bond acceptors (Lipinski definition) is 23. The topological polar surface area (TPSA) is 329 Å². The molecule has 11 rings (SSSR count). The lowest BCUT2D eigenvalue weighted by atomic mass is 9.89. The van der Waals surface area contributed by atoms with Gasteiger partial charge in [0.1, 0.15) is 77.1 Å². The van der Waals surface area contributed by atoms with Crippen LogP contribution in [0.3, 0.4) is 0 Å². The fourth-order valence-corrected chi connectivity index (χ4v) is 13.2. The number of rotatable bonds is 16. The summed E-state index contributed by atoms with van der Waals surface area (Å²) in [6, 6.07) is 24.4. The Bertz CT molecular complexity index is 3270. The maximum absolute atomic E-state index is 11.4. The van der Waals surface area contributed by atoms with Crippen molar-refractivity contribution in [2.75, 3.05) is 53.9 Å². The number of thioether (sulfide) groups is 2. The Balaban J connectivity index is 0.000000181. The highest BCUT2D eigenvalue weighted by atomic mass is 32.2. The van der Waals surface area contributed by atoms with E-state index in [0.29, 0.717) is 17.1 Å². The Morgan fingerprint density at radius 2 is 1.16 bits per heavy atom. The number of nitrogens with zero attached hydrogens (tertiary/aromatic N) is 14. The van der Waals surface area contributed by atoms with E-state index in [0.717, 1.165) is 22.3 Å². The molecule has 16 unspecified atom stereocenters. The van der Waals surface area contributed by atoms with Crippen molar-refractivity contribution >= 4 is 29.5 Å². The largest absolute Gasteiger partial charge is 0.463 e. The Morgan fingerprint density at radius 1 is 0.694 bits per heavy atom. The number of terminal acetylenes is 1. The van der Waals surface area contributed by atoms with Gasteiger partial charge < -0.3 is 53.6 Å². The predicted molar refractivity (Wildman–Crippen MR) is 311 cm³/mol. The molecule has 7 aromatic rings. The van der Waals surface area contributed by atoms with E-state index >= 15 is 0 Å². The molecule has 4 saturated heterocycles. The van der Waals surface area contributed by atoms with Crippen LogP contribution in [-0.2, 0) is 38.0 Å². The number of pyridine rings is 2. The van der Waals surface area contributed by atoms with Crippen LogP contribution in [0.15, 0.2) is 133 Å². The van der Waals surface area contributed by atoms with E-state index < -0.39 is 95.6 Å². The van der Waals surface area contributed by atoms with Gasteiger partial charge in [-0.3, -0.25) is 14.8 Å². The lowest BCUT2D eigenvalue weighted by molar-refractivity contribution is -0.186. The van der Waals surface area contributed by atoms with Gasteiger partial charge in [0.25, 0.3) is 0 Å². The van der Waals surface area contributed by atoms with Gasteiger partial charge in [-0.25, -0.2) is 14.0 Å². The first-order chi connectivity index (χ1) is 41.4. The van der Waals surface area contributed by atoms with E-state index in [1.807, 2.05) is 79.7 Å². The molecule has 4 fully saturated rings. The number of methoxy groups -OCH3 is 2. The molecular weight excluding hydrogens is 1140 g/mol. The van der Waals surface area contributed by atoms with E-state index in [4.69, 9.17) is 45.1 Å². The number of aromatic nitrogens is 11. The predicted octanol–water partition coefficient (Wildman–Crippen LogP) is 4.63. The summed E-state index contributed by atoms with van der Waals surface area (Å²) in [6.45, 7) is 3.91. The van der Waals surface area contributed by atoms with Crippen molar-refractivity contribution in [1.29, 1.82) is 0 Å². The van der Waals surface area contributed by atoms with Crippen molar-refractivity contribution in [3.63, 3.8) is 0 Å². The summed E-state index contributed by atoms with van der Waals surface area (Å²) in [5, 5.41) is 72.6. The molecule has 448 valence electrons. The van der Waals surface area contributed by atoms with Crippen LogP contribution in [0, 0.1) is 18.3 Å². The molecule has 0 aliphatic carbocycles. The van der Waals surface area contributed by atoms with Crippen LogP contribution in [0.25, 0.3) is 44.2 Å². The second kappa shape index (κ2) is 30.2. The van der Waals surface area contributed by atoms with Gasteiger partial charge in [-0.15, -0.1) is 45.2 Å². The molecule has 0 radical (unpaired) electrons. The molecule has 26 nitrogen and oxygen atoms in total. The van der Waals surface area contributed by atoms with Crippen LogP contribution in [0.2, 0.25) is 0 Å². The summed E-state index contributed by atoms with van der Waals surface area (Å²) in [6.07, 6.45) is 11.6. The van der Waals surface area contributed by atoms with Crippen molar-refractivity contribution in [2.24, 2.45) is 11.0 Å². The first kappa shape index (κ1) is 62.3. The average molecular weight is 1200 g/mol. The summed E-state index contributed by atoms with van der Waals surface area (Å²) < 4.78 is 45.6. The van der Waals surface area contributed by atoms with Crippen molar-refractivity contribution in [3.05, 3.63) is 144 Å². The van der Waals surface area contributed by atoms with Gasteiger partial charge in [0.15, 0.2) is 0 Å². The molecule has 5 aromatic heterocycles. The molecular formula is C57H66N14O12S2. The van der Waals surface area contributed by atoms with Crippen LogP contribution in [0.5, 0.6) is 0 Å². The lowest BCUT2D eigenvalue weighted by Gasteiger charge is -2.45. The van der Waals surface area contributed by atoms with Crippen molar-refractivity contribution in [2.45, 2.75) is 102 Å². The standard InChI is InChI=1S/C27H31N7O6S.C23H30N6O6S.C7H5N/c1-38-26-23(34-12-19(30-32-34)17-7-9-28-10-8-17)25(37)21(13-35)40-27(26)41-22-15-39-14-20(24(22)36)33-11-18(29-31-33)16-5-3-2-4-6-16;1-13-18(11-34-14(2)30)35-23(22(32-3)20(13)26-27-24)36-19-12-33-10-17(21(19)31)29-9-16(25-28-29)15-7-5-4-6-8-15;1-2-7-3-5-8-6-4-7/h2-12,20-27,35-37H,13-15H2,1H3;4-9,13,17-23,31H,10-12H2,1-3H3;1,3-6H. The van der Waals surface area contributed by atoms with Crippen LogP contribution >= 0.6 is 23.5 Å². The van der Waals surface area contributed by atoms with E-state index in [1.165, 1.54) is 44.7 Å². The van der Waals surface area contributed by atoms with Gasteiger partial charge in [-0.1, -0.05) is 94.3 Å². The van der Waals surface area contributed by atoms with E-state index in [2.05, 4.69) is 56.9 Å². The van der Waals surface area contributed by atoms with Crippen LogP contribution < -0.4 is 0 Å². The van der Waals surface area contributed by atoms with Gasteiger partial charge in [0.2, 0.25) is 0 Å². The number of hydrogen-bond donors (Lipinski definition) is 4. The quantitative estimate of drug-likeness (QED) is 0.0337. The van der Waals surface area contributed by atoms with Gasteiger partial charge >= 0.3 is 5.97 Å². The average Bonchev–Trinajstić information content (AvgIpc) is 4.37. The molecule has 28 heteroatoms. The third-order valence-electron chi connectivity index (χ3n) is 14.8. The number of ether oxygens (including phenoxy) is 7. The number of carbonyl (C=O) groups excluding carboxylic acids is 1. The third-order valence-corrected chi connectivity index (χ3v) is 17.7. The van der Waals surface area contributed by atoms with E-state index in [-0.39, 0.29) is 44.2 Å². The molecule has 85 heavy (non-hydrogen) atoms. The number of aliphatic hydroxyl groups excluding tert-OH is 4. The molecule has 0 bridgehead atoms. The van der Waals surface area contributed by atoms with Crippen molar-refractivity contribution in [3.8, 4) is 46.1 Å². The zero-order valence-electron chi connectivity index (χ0n) is 46.8. The zero-order valence-corrected chi connectivity index (χ0v) is 48.4. The molecule has 0 saturated carbocycles. The molecule has 16 atom stereocenters. The van der Waals surface area contributed by atoms with Crippen LogP contribution in [-0.4, -0.2) is 205 Å². The maximum atomic E-state index is 11.4. The van der Waals surface area contributed by atoms with Crippen LogP contribution in [0.4, 0.5) is 0 Å². The normalized spacial score (nSPS) is 29.1. The smallest absolute Gasteiger partial charge is 0.302 e. The highest BCUT2D eigenvalue weighted by Gasteiger charge is 2.50. The minimum absolute atomic E-state index is 0.0228. The number of benzene rings is 2. The van der Waals surface area contributed by atoms with E-state index in [1.54, 1.807) is 69.6 Å². The highest BCUT2D eigenvalue weighted by molar-refractivity contribution is 8.00. The van der Waals surface area contributed by atoms with Crippen molar-refractivity contribution in [1.82, 2.24) is 54.9 Å². The zero-order chi connectivity index (χ0) is 59.8. The van der Waals surface area contributed by atoms with Gasteiger partial charge in [0, 0.05) is 73.1 Å². The fraction of sp³-hybridized carbons (Fsp3) is 0.456. The molecule has 4 N–H and O–H groups in total. The minimum Gasteiger partial charge on any atom is -0.463 e. The number of carbonyl (C=O) groups is 1. The number of aliphatic hydroxyl groups is 4. The Morgan fingerprint density at radius 3 is 1.64 bits per heavy atom. The summed E-state index contributed by atoms with van der Waals surface area (Å²) in [4.78, 5) is 22.2. The van der Waals surface area contributed by atoms with Gasteiger partial charge in [-0.05, 0) is 35.7 Å². The molecule has 0 spiro atoms. The Hall–Kier alpha value is -7.20. The van der Waals surface area contributed by atoms with Gasteiger partial charge in [0.05, 0.1) is 86.5 Å².